The molecular weight excluding hydrogens is 249 g/mol. The molecule has 0 aliphatic carbocycles. The topological polar surface area (TPSA) is 26.0 Å². The maximum absolute atomic E-state index is 5.87. The Hall–Kier alpha value is -0.310. The Balaban J connectivity index is 2.99. The average molecular weight is 261 g/mol. The lowest BCUT2D eigenvalue weighted by Crippen LogP contribution is -1.99. The molecule has 0 amide bonds. The highest BCUT2D eigenvalue weighted by atomic mass is 79.9. The zero-order valence-corrected chi connectivity index (χ0v) is 9.53. The highest BCUT2D eigenvalue weighted by Crippen LogP contribution is 2.27. The summed E-state index contributed by atoms with van der Waals surface area (Å²) in [6.45, 7) is 4.56. The van der Waals surface area contributed by atoms with Gasteiger partial charge >= 0.3 is 0 Å². The normalized spacial score (nSPS) is 10.1. The summed E-state index contributed by atoms with van der Waals surface area (Å²) in [5, 5.41) is 0.719. The quantitative estimate of drug-likeness (QED) is 0.885. The van der Waals surface area contributed by atoms with Crippen molar-refractivity contribution in [3.05, 3.63) is 39.8 Å². The summed E-state index contributed by atoms with van der Waals surface area (Å²) in [7, 11) is 0. The number of benzene rings is 1. The molecule has 0 unspecified atom stereocenters. The Labute approximate surface area is 91.7 Å². The fraction of sp³-hybridized carbons (Fsp3) is 0.200. The first-order valence-electron chi connectivity index (χ1n) is 3.98. The molecule has 70 valence electrons. The van der Waals surface area contributed by atoms with E-state index < -0.39 is 0 Å². The Bertz CT molecular complexity index is 323. The Morgan fingerprint density at radius 2 is 2.23 bits per heavy atom. The van der Waals surface area contributed by atoms with Crippen molar-refractivity contribution in [2.45, 2.75) is 6.42 Å². The molecule has 0 saturated carbocycles. The lowest BCUT2D eigenvalue weighted by atomic mass is 10.1. The predicted octanol–water partition coefficient (Wildman–Crippen LogP) is 3.46. The molecule has 0 saturated heterocycles. The van der Waals surface area contributed by atoms with Crippen LogP contribution in [0.4, 0.5) is 0 Å². The molecule has 0 radical (unpaired) electrons. The molecule has 2 N–H and O–H groups in total. The van der Waals surface area contributed by atoms with E-state index in [2.05, 4.69) is 22.5 Å². The molecule has 0 heterocycles. The van der Waals surface area contributed by atoms with Crippen LogP contribution in [0.2, 0.25) is 5.02 Å². The highest BCUT2D eigenvalue weighted by Gasteiger charge is 2.03. The van der Waals surface area contributed by atoms with Crippen LogP contribution in [0.15, 0.2) is 29.3 Å². The van der Waals surface area contributed by atoms with E-state index >= 15 is 0 Å². The predicted molar refractivity (Wildman–Crippen MR) is 61.9 cm³/mol. The van der Waals surface area contributed by atoms with Crippen molar-refractivity contribution in [1.29, 1.82) is 0 Å². The van der Waals surface area contributed by atoms with Crippen LogP contribution in [0.25, 0.3) is 5.57 Å². The zero-order valence-electron chi connectivity index (χ0n) is 7.19. The average Bonchev–Trinajstić information content (AvgIpc) is 2.09. The minimum Gasteiger partial charge on any atom is -0.330 e. The monoisotopic (exact) mass is 259 g/mol. The van der Waals surface area contributed by atoms with Crippen LogP contribution in [0.3, 0.4) is 0 Å². The van der Waals surface area contributed by atoms with Crippen LogP contribution >= 0.6 is 27.5 Å². The molecule has 0 aliphatic heterocycles. The van der Waals surface area contributed by atoms with Gasteiger partial charge < -0.3 is 5.73 Å². The second kappa shape index (κ2) is 4.80. The first-order valence-corrected chi connectivity index (χ1v) is 5.15. The molecule has 13 heavy (non-hydrogen) atoms. The van der Waals surface area contributed by atoms with Gasteiger partial charge in [0, 0.05) is 9.50 Å². The van der Waals surface area contributed by atoms with E-state index in [0.29, 0.717) is 6.54 Å². The van der Waals surface area contributed by atoms with Gasteiger partial charge in [-0.05, 0) is 42.3 Å². The van der Waals surface area contributed by atoms with Crippen LogP contribution in [-0.2, 0) is 0 Å². The van der Waals surface area contributed by atoms with Gasteiger partial charge in [-0.15, -0.1) is 0 Å². The van der Waals surface area contributed by atoms with Crippen molar-refractivity contribution < 1.29 is 0 Å². The highest BCUT2D eigenvalue weighted by molar-refractivity contribution is 9.10. The van der Waals surface area contributed by atoms with Crippen LogP contribution in [-0.4, -0.2) is 6.54 Å². The first-order chi connectivity index (χ1) is 6.15. The van der Waals surface area contributed by atoms with E-state index in [4.69, 9.17) is 17.3 Å². The van der Waals surface area contributed by atoms with Crippen LogP contribution in [0.5, 0.6) is 0 Å². The molecule has 0 spiro atoms. The van der Waals surface area contributed by atoms with Crippen LogP contribution in [0.1, 0.15) is 12.0 Å². The van der Waals surface area contributed by atoms with Gasteiger partial charge in [-0.1, -0.05) is 34.1 Å². The van der Waals surface area contributed by atoms with E-state index in [0.717, 1.165) is 27.1 Å². The summed E-state index contributed by atoms with van der Waals surface area (Å²) in [4.78, 5) is 0. The molecule has 3 heteroatoms. The minimum atomic E-state index is 0.609. The smallest absolute Gasteiger partial charge is 0.0412 e. The molecule has 1 aromatic rings. The van der Waals surface area contributed by atoms with Crippen molar-refractivity contribution in [3.63, 3.8) is 0 Å². The number of rotatable bonds is 3. The lowest BCUT2D eigenvalue weighted by Gasteiger charge is -2.07. The third-order valence-corrected chi connectivity index (χ3v) is 2.68. The van der Waals surface area contributed by atoms with Crippen LogP contribution < -0.4 is 5.73 Å². The molecule has 1 nitrogen and oxygen atoms in total. The van der Waals surface area contributed by atoms with E-state index in [1.807, 2.05) is 18.2 Å². The molecule has 1 aromatic carbocycles. The van der Waals surface area contributed by atoms with Crippen molar-refractivity contribution in [1.82, 2.24) is 0 Å². The summed E-state index contributed by atoms with van der Waals surface area (Å²) >= 11 is 9.31. The van der Waals surface area contributed by atoms with E-state index in [1.165, 1.54) is 0 Å². The summed E-state index contributed by atoms with van der Waals surface area (Å²) < 4.78 is 1.01. The summed E-state index contributed by atoms with van der Waals surface area (Å²) in [6, 6.07) is 5.65. The van der Waals surface area contributed by atoms with Gasteiger partial charge in [0.25, 0.3) is 0 Å². The second-order valence-corrected chi connectivity index (χ2v) is 4.06. The Morgan fingerprint density at radius 3 is 2.85 bits per heavy atom. The van der Waals surface area contributed by atoms with Gasteiger partial charge in [-0.3, -0.25) is 0 Å². The summed E-state index contributed by atoms with van der Waals surface area (Å²) in [6.07, 6.45) is 0.791. The molecule has 0 aromatic heterocycles. The third-order valence-electron chi connectivity index (χ3n) is 1.76. The number of nitrogens with two attached hydrogens (primary N) is 1. The number of hydrogen-bond acceptors (Lipinski definition) is 1. The van der Waals surface area contributed by atoms with E-state index in [9.17, 15) is 0 Å². The number of hydrogen-bond donors (Lipinski definition) is 1. The largest absolute Gasteiger partial charge is 0.330 e. The van der Waals surface area contributed by atoms with Crippen molar-refractivity contribution in [3.8, 4) is 0 Å². The lowest BCUT2D eigenvalue weighted by molar-refractivity contribution is 1.02. The third kappa shape index (κ3) is 2.83. The number of halogens is 2. The SMILES string of the molecule is C=C(CCN)c1cc(Cl)ccc1Br. The maximum atomic E-state index is 5.87. The minimum absolute atomic E-state index is 0.609. The molecule has 0 aliphatic rings. The van der Waals surface area contributed by atoms with Crippen LogP contribution in [0, 0.1) is 0 Å². The van der Waals surface area contributed by atoms with Crippen molar-refractivity contribution >= 4 is 33.1 Å². The second-order valence-electron chi connectivity index (χ2n) is 2.77. The van der Waals surface area contributed by atoms with Gasteiger partial charge in [0.15, 0.2) is 0 Å². The zero-order chi connectivity index (χ0) is 9.84. The van der Waals surface area contributed by atoms with E-state index in [1.54, 1.807) is 0 Å². The maximum Gasteiger partial charge on any atom is 0.0412 e. The van der Waals surface area contributed by atoms with Gasteiger partial charge in [0.2, 0.25) is 0 Å². The van der Waals surface area contributed by atoms with Crippen molar-refractivity contribution in [2.24, 2.45) is 5.73 Å². The fourth-order valence-corrected chi connectivity index (χ4v) is 1.78. The first kappa shape index (κ1) is 10.8. The molecule has 0 atom stereocenters. The summed E-state index contributed by atoms with van der Waals surface area (Å²) in [5.41, 5.74) is 7.50. The molecule has 0 fully saturated rings. The fourth-order valence-electron chi connectivity index (χ4n) is 1.08. The van der Waals surface area contributed by atoms with E-state index in [-0.39, 0.29) is 0 Å². The molecule has 0 bridgehead atoms. The van der Waals surface area contributed by atoms with Crippen molar-refractivity contribution in [2.75, 3.05) is 6.54 Å². The molecular formula is C10H11BrClN. The Morgan fingerprint density at radius 1 is 1.54 bits per heavy atom. The van der Waals surface area contributed by atoms with Gasteiger partial charge in [0.05, 0.1) is 0 Å². The van der Waals surface area contributed by atoms with Gasteiger partial charge in [0.1, 0.15) is 0 Å². The Kier molecular flexibility index (Phi) is 3.97. The summed E-state index contributed by atoms with van der Waals surface area (Å²) in [5.74, 6) is 0. The standard InChI is InChI=1S/C10H11BrClN/c1-7(4-5-13)9-6-8(12)2-3-10(9)11/h2-3,6H,1,4-5,13H2. The molecule has 1 rings (SSSR count). The van der Waals surface area contributed by atoms with Gasteiger partial charge in [-0.2, -0.15) is 0 Å². The van der Waals surface area contributed by atoms with Gasteiger partial charge in [-0.25, -0.2) is 0 Å².